The number of hydrogen-bond acceptors (Lipinski definition) is 3. The molecule has 2 atom stereocenters. The molecule has 0 spiro atoms. The lowest BCUT2D eigenvalue weighted by Crippen LogP contribution is -2.34. The molecule has 0 aliphatic heterocycles. The van der Waals surface area contributed by atoms with Crippen LogP contribution in [-0.4, -0.2) is 23.5 Å². The third kappa shape index (κ3) is 6.04. The van der Waals surface area contributed by atoms with Gasteiger partial charge in [-0.25, -0.2) is 4.98 Å². The van der Waals surface area contributed by atoms with Crippen LogP contribution in [0.15, 0.2) is 16.7 Å². The molecule has 1 aromatic heterocycles. The third-order valence-corrected chi connectivity index (χ3v) is 3.91. The molecule has 0 aromatic carbocycles. The quantitative estimate of drug-likeness (QED) is 0.733. The van der Waals surface area contributed by atoms with E-state index in [1.807, 2.05) is 6.07 Å². The zero-order chi connectivity index (χ0) is 15.8. The Bertz CT molecular complexity index is 465. The molecule has 1 heterocycles. The second-order valence-corrected chi connectivity index (χ2v) is 6.52. The van der Waals surface area contributed by atoms with Crippen molar-refractivity contribution in [2.24, 2.45) is 5.92 Å². The van der Waals surface area contributed by atoms with Gasteiger partial charge in [0.25, 0.3) is 5.91 Å². The minimum atomic E-state index is -0.0711. The highest BCUT2D eigenvalue weighted by molar-refractivity contribution is 9.10. The van der Waals surface area contributed by atoms with Crippen LogP contribution in [-0.2, 0) is 0 Å². The van der Waals surface area contributed by atoms with Crippen LogP contribution >= 0.6 is 15.9 Å². The second kappa shape index (κ2) is 9.03. The number of pyridine rings is 1. The van der Waals surface area contributed by atoms with Crippen molar-refractivity contribution >= 4 is 27.7 Å². The normalized spacial score (nSPS) is 13.6. The summed E-state index contributed by atoms with van der Waals surface area (Å²) in [6.07, 6.45) is 4.81. The summed E-state index contributed by atoms with van der Waals surface area (Å²) in [5.74, 6) is 1.19. The Morgan fingerprint density at radius 2 is 2.10 bits per heavy atom. The van der Waals surface area contributed by atoms with Gasteiger partial charge in [-0.15, -0.1) is 0 Å². The van der Waals surface area contributed by atoms with Gasteiger partial charge in [0, 0.05) is 23.3 Å². The van der Waals surface area contributed by atoms with Crippen molar-refractivity contribution in [1.82, 2.24) is 10.3 Å². The molecule has 0 aliphatic carbocycles. The molecule has 5 heteroatoms. The molecular weight excluding hydrogens is 330 g/mol. The van der Waals surface area contributed by atoms with E-state index in [1.165, 1.54) is 0 Å². The molecule has 118 valence electrons. The molecule has 2 N–H and O–H groups in total. The number of rotatable bonds is 8. The highest BCUT2D eigenvalue weighted by Gasteiger charge is 2.16. The number of aromatic nitrogens is 1. The van der Waals surface area contributed by atoms with Crippen molar-refractivity contribution in [1.29, 1.82) is 0 Å². The second-order valence-electron chi connectivity index (χ2n) is 5.60. The van der Waals surface area contributed by atoms with E-state index in [0.29, 0.717) is 17.3 Å². The summed E-state index contributed by atoms with van der Waals surface area (Å²) < 4.78 is 0.810. The van der Waals surface area contributed by atoms with Gasteiger partial charge in [0.2, 0.25) is 0 Å². The van der Waals surface area contributed by atoms with Crippen LogP contribution in [0.3, 0.4) is 0 Å². The Balaban J connectivity index is 2.78. The van der Waals surface area contributed by atoms with E-state index in [2.05, 4.69) is 59.2 Å². The van der Waals surface area contributed by atoms with E-state index in [0.717, 1.165) is 30.3 Å². The maximum atomic E-state index is 12.4. The number of anilines is 1. The lowest BCUT2D eigenvalue weighted by Gasteiger charge is -2.18. The summed E-state index contributed by atoms with van der Waals surface area (Å²) in [4.78, 5) is 16.8. The lowest BCUT2D eigenvalue weighted by atomic mass is 10.0. The first-order valence-corrected chi connectivity index (χ1v) is 8.47. The Labute approximate surface area is 136 Å². The molecular formula is C16H26BrN3O. The fourth-order valence-electron chi connectivity index (χ4n) is 2.13. The van der Waals surface area contributed by atoms with Crippen LogP contribution < -0.4 is 10.6 Å². The van der Waals surface area contributed by atoms with Crippen LogP contribution in [0.2, 0.25) is 0 Å². The molecule has 1 rings (SSSR count). The summed E-state index contributed by atoms with van der Waals surface area (Å²) in [5, 5.41) is 6.27. The van der Waals surface area contributed by atoms with Gasteiger partial charge in [-0.1, -0.05) is 27.2 Å². The number of amides is 1. The predicted molar refractivity (Wildman–Crippen MR) is 91.7 cm³/mol. The molecule has 4 nitrogen and oxygen atoms in total. The van der Waals surface area contributed by atoms with Gasteiger partial charge >= 0.3 is 0 Å². The summed E-state index contributed by atoms with van der Waals surface area (Å²) in [6, 6.07) is 1.97. The van der Waals surface area contributed by atoms with Crippen molar-refractivity contribution in [3.8, 4) is 0 Å². The largest absolute Gasteiger partial charge is 0.369 e. The van der Waals surface area contributed by atoms with Crippen LogP contribution in [0.25, 0.3) is 0 Å². The number of nitrogens with one attached hydrogen (secondary N) is 2. The summed E-state index contributed by atoms with van der Waals surface area (Å²) in [5.41, 5.74) is 0.592. The molecule has 1 amide bonds. The molecule has 2 unspecified atom stereocenters. The van der Waals surface area contributed by atoms with E-state index < -0.39 is 0 Å². The number of carbonyl (C=O) groups excluding carboxylic acids is 1. The van der Waals surface area contributed by atoms with Crippen LogP contribution in [0.4, 0.5) is 5.82 Å². The Morgan fingerprint density at radius 3 is 2.71 bits per heavy atom. The van der Waals surface area contributed by atoms with Crippen molar-refractivity contribution in [3.05, 3.63) is 22.3 Å². The van der Waals surface area contributed by atoms with Gasteiger partial charge in [-0.3, -0.25) is 4.79 Å². The highest BCUT2D eigenvalue weighted by Crippen LogP contribution is 2.19. The van der Waals surface area contributed by atoms with Gasteiger partial charge < -0.3 is 10.6 Å². The van der Waals surface area contributed by atoms with E-state index >= 15 is 0 Å². The van der Waals surface area contributed by atoms with Crippen LogP contribution in [0.1, 0.15) is 57.3 Å². The number of halogens is 1. The topological polar surface area (TPSA) is 54.0 Å². The fraction of sp³-hybridized carbons (Fsp3) is 0.625. The Morgan fingerprint density at radius 1 is 1.38 bits per heavy atom. The first-order chi connectivity index (χ1) is 9.97. The van der Waals surface area contributed by atoms with Crippen molar-refractivity contribution in [2.75, 3.05) is 11.9 Å². The monoisotopic (exact) mass is 355 g/mol. The zero-order valence-corrected chi connectivity index (χ0v) is 15.0. The average Bonchev–Trinajstić information content (AvgIpc) is 2.45. The minimum absolute atomic E-state index is 0.0711. The molecule has 0 radical (unpaired) electrons. The molecule has 0 saturated heterocycles. The molecule has 0 fully saturated rings. The fourth-order valence-corrected chi connectivity index (χ4v) is 2.46. The smallest absolute Gasteiger partial charge is 0.255 e. The van der Waals surface area contributed by atoms with Gasteiger partial charge in [0.1, 0.15) is 5.82 Å². The molecule has 21 heavy (non-hydrogen) atoms. The van der Waals surface area contributed by atoms with Crippen LogP contribution in [0.5, 0.6) is 0 Å². The predicted octanol–water partition coefficient (Wildman–Crippen LogP) is 4.22. The maximum absolute atomic E-state index is 12.4. The van der Waals surface area contributed by atoms with Gasteiger partial charge in [-0.05, 0) is 47.7 Å². The standard InChI is InChI=1S/C16H26BrN3O/c1-5-7-18-15-14(9-13(17)10-19-15)16(21)20-12(4)8-11(3)6-2/h9-12H,5-8H2,1-4H3,(H,18,19)(H,20,21). The Kier molecular flexibility index (Phi) is 7.72. The van der Waals surface area contributed by atoms with Gasteiger partial charge in [0.05, 0.1) is 5.56 Å². The molecule has 0 aliphatic rings. The highest BCUT2D eigenvalue weighted by atomic mass is 79.9. The molecule has 0 saturated carbocycles. The van der Waals surface area contributed by atoms with Crippen molar-refractivity contribution in [2.45, 2.75) is 53.0 Å². The average molecular weight is 356 g/mol. The summed E-state index contributed by atoms with van der Waals surface area (Å²) >= 11 is 3.38. The first kappa shape index (κ1) is 18.0. The van der Waals surface area contributed by atoms with Gasteiger partial charge in [-0.2, -0.15) is 0 Å². The van der Waals surface area contributed by atoms with Crippen molar-refractivity contribution < 1.29 is 4.79 Å². The molecule has 0 bridgehead atoms. The number of carbonyl (C=O) groups is 1. The number of hydrogen-bond donors (Lipinski definition) is 2. The van der Waals surface area contributed by atoms with Crippen LogP contribution in [0, 0.1) is 5.92 Å². The Hall–Kier alpha value is -1.10. The van der Waals surface area contributed by atoms with Gasteiger partial charge in [0.15, 0.2) is 0 Å². The van der Waals surface area contributed by atoms with E-state index in [1.54, 1.807) is 6.20 Å². The zero-order valence-electron chi connectivity index (χ0n) is 13.4. The first-order valence-electron chi connectivity index (χ1n) is 7.68. The van der Waals surface area contributed by atoms with E-state index in [9.17, 15) is 4.79 Å². The van der Waals surface area contributed by atoms with Crippen molar-refractivity contribution in [3.63, 3.8) is 0 Å². The lowest BCUT2D eigenvalue weighted by molar-refractivity contribution is 0.0936. The number of nitrogens with zero attached hydrogens (tertiary/aromatic N) is 1. The maximum Gasteiger partial charge on any atom is 0.255 e. The third-order valence-electron chi connectivity index (χ3n) is 3.47. The van der Waals surface area contributed by atoms with E-state index in [4.69, 9.17) is 0 Å². The molecule has 1 aromatic rings. The summed E-state index contributed by atoms with van der Waals surface area (Å²) in [6.45, 7) is 9.31. The minimum Gasteiger partial charge on any atom is -0.369 e. The summed E-state index contributed by atoms with van der Waals surface area (Å²) in [7, 11) is 0. The SMILES string of the molecule is CCCNc1ncc(Br)cc1C(=O)NC(C)CC(C)CC. The van der Waals surface area contributed by atoms with E-state index in [-0.39, 0.29) is 11.9 Å².